The largest absolute Gasteiger partial charge is 0.382 e. The Hall–Kier alpha value is -1.96. The summed E-state index contributed by atoms with van der Waals surface area (Å²) in [5.74, 6) is 0. The van der Waals surface area contributed by atoms with E-state index in [9.17, 15) is 0 Å². The highest BCUT2D eigenvalue weighted by atomic mass is 14.9. The second-order valence-corrected chi connectivity index (χ2v) is 6.88. The molecule has 23 heavy (non-hydrogen) atoms. The van der Waals surface area contributed by atoms with E-state index in [4.69, 9.17) is 0 Å². The summed E-state index contributed by atoms with van der Waals surface area (Å²) in [6.07, 6.45) is 6.74. The van der Waals surface area contributed by atoms with Gasteiger partial charge in [-0.25, -0.2) is 0 Å². The zero-order valence-electron chi connectivity index (χ0n) is 14.6. The van der Waals surface area contributed by atoms with Gasteiger partial charge in [-0.1, -0.05) is 31.4 Å². The summed E-state index contributed by atoms with van der Waals surface area (Å²) in [5.41, 5.74) is 7.58. The molecule has 1 aliphatic rings. The Bertz CT molecular complexity index is 670. The summed E-state index contributed by atoms with van der Waals surface area (Å²) >= 11 is 0. The third kappa shape index (κ3) is 3.87. The van der Waals surface area contributed by atoms with Gasteiger partial charge in [-0.15, -0.1) is 0 Å². The van der Waals surface area contributed by atoms with Crippen LogP contribution in [0.1, 0.15) is 48.8 Å². The van der Waals surface area contributed by atoms with Crippen molar-refractivity contribution in [2.75, 3.05) is 10.6 Å². The molecule has 0 heterocycles. The summed E-state index contributed by atoms with van der Waals surface area (Å²) in [4.78, 5) is 0. The monoisotopic (exact) mass is 308 g/mol. The molecule has 0 saturated heterocycles. The van der Waals surface area contributed by atoms with E-state index in [0.717, 1.165) is 5.69 Å². The van der Waals surface area contributed by atoms with Gasteiger partial charge in [0.25, 0.3) is 0 Å². The maximum Gasteiger partial charge on any atom is 0.0416 e. The van der Waals surface area contributed by atoms with Crippen molar-refractivity contribution in [2.45, 2.75) is 58.9 Å². The number of benzene rings is 2. The third-order valence-corrected chi connectivity index (χ3v) is 5.07. The van der Waals surface area contributed by atoms with Crippen molar-refractivity contribution in [3.63, 3.8) is 0 Å². The fourth-order valence-electron chi connectivity index (χ4n) is 3.41. The summed E-state index contributed by atoms with van der Waals surface area (Å²) in [6.45, 7) is 6.52. The fourth-order valence-corrected chi connectivity index (χ4v) is 3.41. The highest BCUT2D eigenvalue weighted by Crippen LogP contribution is 2.28. The van der Waals surface area contributed by atoms with E-state index in [1.807, 2.05) is 0 Å². The minimum Gasteiger partial charge on any atom is -0.382 e. The third-order valence-electron chi connectivity index (χ3n) is 5.07. The summed E-state index contributed by atoms with van der Waals surface area (Å²) in [6, 6.07) is 13.7. The number of rotatable bonds is 4. The first-order chi connectivity index (χ1) is 11.1. The molecule has 2 N–H and O–H groups in total. The van der Waals surface area contributed by atoms with Crippen molar-refractivity contribution in [2.24, 2.45) is 0 Å². The van der Waals surface area contributed by atoms with E-state index in [2.05, 4.69) is 67.8 Å². The van der Waals surface area contributed by atoms with Crippen molar-refractivity contribution in [1.82, 2.24) is 0 Å². The molecule has 122 valence electrons. The number of anilines is 3. The van der Waals surface area contributed by atoms with E-state index in [0.29, 0.717) is 6.04 Å². The van der Waals surface area contributed by atoms with Crippen molar-refractivity contribution in [3.8, 4) is 0 Å². The lowest BCUT2D eigenvalue weighted by molar-refractivity contribution is 0.462. The van der Waals surface area contributed by atoms with Crippen LogP contribution in [0.5, 0.6) is 0 Å². The van der Waals surface area contributed by atoms with Gasteiger partial charge in [0.15, 0.2) is 0 Å². The first-order valence-corrected chi connectivity index (χ1v) is 8.84. The maximum atomic E-state index is 3.73. The molecular weight excluding hydrogens is 280 g/mol. The van der Waals surface area contributed by atoms with Crippen LogP contribution >= 0.6 is 0 Å². The Balaban J connectivity index is 1.72. The number of nitrogens with one attached hydrogen (secondary N) is 2. The molecule has 2 aromatic carbocycles. The molecule has 0 unspecified atom stereocenters. The number of hydrogen-bond acceptors (Lipinski definition) is 2. The zero-order valence-corrected chi connectivity index (χ0v) is 14.6. The van der Waals surface area contributed by atoms with Crippen LogP contribution < -0.4 is 10.6 Å². The Labute approximate surface area is 140 Å². The second-order valence-electron chi connectivity index (χ2n) is 6.88. The molecule has 0 bridgehead atoms. The number of aryl methyl sites for hydroxylation is 2. The molecule has 0 spiro atoms. The van der Waals surface area contributed by atoms with E-state index in [-0.39, 0.29) is 0 Å². The van der Waals surface area contributed by atoms with Gasteiger partial charge in [0.2, 0.25) is 0 Å². The van der Waals surface area contributed by atoms with Crippen LogP contribution in [-0.4, -0.2) is 6.04 Å². The lowest BCUT2D eigenvalue weighted by Crippen LogP contribution is -2.22. The highest BCUT2D eigenvalue weighted by molar-refractivity contribution is 5.68. The SMILES string of the molecule is Cc1cc(Nc2cccc(C)c2C)ccc1NC1CCCCC1. The highest BCUT2D eigenvalue weighted by Gasteiger charge is 2.13. The number of hydrogen-bond donors (Lipinski definition) is 2. The first kappa shape index (κ1) is 15.9. The maximum absolute atomic E-state index is 3.73. The molecule has 2 aromatic rings. The van der Waals surface area contributed by atoms with E-state index >= 15 is 0 Å². The lowest BCUT2D eigenvalue weighted by Gasteiger charge is -2.25. The minimum absolute atomic E-state index is 0.653. The molecule has 1 saturated carbocycles. The van der Waals surface area contributed by atoms with E-state index in [1.165, 1.54) is 60.2 Å². The summed E-state index contributed by atoms with van der Waals surface area (Å²) < 4.78 is 0. The van der Waals surface area contributed by atoms with Gasteiger partial charge in [0.1, 0.15) is 0 Å². The Morgan fingerprint density at radius 2 is 1.61 bits per heavy atom. The van der Waals surface area contributed by atoms with E-state index in [1.54, 1.807) is 0 Å². The Kier molecular flexibility index (Phi) is 4.90. The van der Waals surface area contributed by atoms with Crippen LogP contribution in [0.4, 0.5) is 17.1 Å². The second kappa shape index (κ2) is 7.08. The van der Waals surface area contributed by atoms with E-state index < -0.39 is 0 Å². The molecule has 1 aliphatic carbocycles. The fraction of sp³-hybridized carbons (Fsp3) is 0.429. The smallest absolute Gasteiger partial charge is 0.0416 e. The van der Waals surface area contributed by atoms with Gasteiger partial charge in [-0.05, 0) is 74.6 Å². The van der Waals surface area contributed by atoms with Crippen LogP contribution in [0.2, 0.25) is 0 Å². The van der Waals surface area contributed by atoms with Crippen molar-refractivity contribution < 1.29 is 0 Å². The minimum atomic E-state index is 0.653. The topological polar surface area (TPSA) is 24.1 Å². The average molecular weight is 308 g/mol. The summed E-state index contributed by atoms with van der Waals surface area (Å²) in [5, 5.41) is 7.29. The molecule has 0 amide bonds. The zero-order chi connectivity index (χ0) is 16.2. The Morgan fingerprint density at radius 3 is 2.35 bits per heavy atom. The molecular formula is C21H28N2. The molecule has 2 heteroatoms. The average Bonchev–Trinajstić information content (AvgIpc) is 2.55. The molecule has 0 atom stereocenters. The molecule has 0 aromatic heterocycles. The summed E-state index contributed by atoms with van der Waals surface area (Å²) in [7, 11) is 0. The van der Waals surface area contributed by atoms with Gasteiger partial charge >= 0.3 is 0 Å². The predicted octanol–water partition coefficient (Wildman–Crippen LogP) is 6.10. The predicted molar refractivity (Wildman–Crippen MR) is 101 cm³/mol. The normalized spacial score (nSPS) is 15.4. The van der Waals surface area contributed by atoms with Crippen LogP contribution in [0.3, 0.4) is 0 Å². The first-order valence-electron chi connectivity index (χ1n) is 8.84. The van der Waals surface area contributed by atoms with Crippen LogP contribution in [0.25, 0.3) is 0 Å². The van der Waals surface area contributed by atoms with Crippen LogP contribution in [-0.2, 0) is 0 Å². The van der Waals surface area contributed by atoms with Gasteiger partial charge in [-0.2, -0.15) is 0 Å². The van der Waals surface area contributed by atoms with Crippen molar-refractivity contribution in [3.05, 3.63) is 53.1 Å². The quantitative estimate of drug-likeness (QED) is 0.713. The molecule has 0 aliphatic heterocycles. The van der Waals surface area contributed by atoms with Gasteiger partial charge in [-0.3, -0.25) is 0 Å². The van der Waals surface area contributed by atoms with Gasteiger partial charge in [0, 0.05) is 23.1 Å². The Morgan fingerprint density at radius 1 is 0.826 bits per heavy atom. The molecule has 1 fully saturated rings. The van der Waals surface area contributed by atoms with Gasteiger partial charge in [0.05, 0.1) is 0 Å². The van der Waals surface area contributed by atoms with Crippen LogP contribution in [0, 0.1) is 20.8 Å². The van der Waals surface area contributed by atoms with Crippen molar-refractivity contribution >= 4 is 17.1 Å². The standard InChI is InChI=1S/C21H28N2/c1-15-8-7-11-21(17(15)3)23-19-12-13-20(16(2)14-19)22-18-9-5-4-6-10-18/h7-8,11-14,18,22-23H,4-6,9-10H2,1-3H3. The van der Waals surface area contributed by atoms with Gasteiger partial charge < -0.3 is 10.6 Å². The molecule has 2 nitrogen and oxygen atoms in total. The molecule has 0 radical (unpaired) electrons. The lowest BCUT2D eigenvalue weighted by atomic mass is 9.95. The van der Waals surface area contributed by atoms with Crippen molar-refractivity contribution in [1.29, 1.82) is 0 Å². The molecule has 3 rings (SSSR count). The van der Waals surface area contributed by atoms with Crippen LogP contribution in [0.15, 0.2) is 36.4 Å².